The Morgan fingerprint density at radius 1 is 1.00 bits per heavy atom. The number of hydrazone groups is 1. The summed E-state index contributed by atoms with van der Waals surface area (Å²) in [5.74, 6) is -0.315. The van der Waals surface area contributed by atoms with Crippen LogP contribution >= 0.6 is 0 Å². The zero-order valence-electron chi connectivity index (χ0n) is 17.4. The molecule has 2 aromatic carbocycles. The van der Waals surface area contributed by atoms with Crippen molar-refractivity contribution in [2.45, 2.75) is 44.6 Å². The normalized spacial score (nSPS) is 22.0. The van der Waals surface area contributed by atoms with E-state index in [0.717, 1.165) is 29.2 Å². The second kappa shape index (κ2) is 8.69. The molecule has 2 aromatic rings. The highest BCUT2D eigenvalue weighted by Crippen LogP contribution is 2.24. The first-order valence-corrected chi connectivity index (χ1v) is 10.6. The molecule has 1 atom stereocenters. The van der Waals surface area contributed by atoms with Crippen molar-refractivity contribution in [3.63, 3.8) is 0 Å². The van der Waals surface area contributed by atoms with Gasteiger partial charge in [-0.3, -0.25) is 4.79 Å². The van der Waals surface area contributed by atoms with Gasteiger partial charge in [0.25, 0.3) is 5.91 Å². The van der Waals surface area contributed by atoms with E-state index in [9.17, 15) is 9.59 Å². The topological polar surface area (TPSA) is 65.0 Å². The summed E-state index contributed by atoms with van der Waals surface area (Å²) in [6.07, 6.45) is 6.58. The second-order valence-corrected chi connectivity index (χ2v) is 8.25. The van der Waals surface area contributed by atoms with Gasteiger partial charge in [0.2, 0.25) is 0 Å². The van der Waals surface area contributed by atoms with E-state index in [1.165, 1.54) is 24.9 Å². The molecule has 2 aliphatic heterocycles. The highest BCUT2D eigenvalue weighted by Gasteiger charge is 2.47. The van der Waals surface area contributed by atoms with Crippen molar-refractivity contribution in [3.05, 3.63) is 65.7 Å². The van der Waals surface area contributed by atoms with Gasteiger partial charge in [-0.05, 0) is 62.3 Å². The van der Waals surface area contributed by atoms with Gasteiger partial charge in [0, 0.05) is 18.8 Å². The minimum absolute atomic E-state index is 0.315. The number of nitrogens with zero attached hydrogens (tertiary/aromatic N) is 3. The van der Waals surface area contributed by atoms with Gasteiger partial charge < -0.3 is 10.2 Å². The number of aryl methyl sites for hydroxylation is 1. The third-order valence-corrected chi connectivity index (χ3v) is 5.93. The number of piperidine rings is 1. The predicted octanol–water partition coefficient (Wildman–Crippen LogP) is 3.95. The molecule has 4 rings (SSSR count). The van der Waals surface area contributed by atoms with Gasteiger partial charge in [0.15, 0.2) is 0 Å². The highest BCUT2D eigenvalue weighted by atomic mass is 16.2. The zero-order valence-corrected chi connectivity index (χ0v) is 17.4. The van der Waals surface area contributed by atoms with Gasteiger partial charge in [-0.1, -0.05) is 42.5 Å². The van der Waals surface area contributed by atoms with Crippen LogP contribution < -0.4 is 10.2 Å². The number of carbonyl (C=O) groups excluding carboxylic acids is 2. The van der Waals surface area contributed by atoms with E-state index in [-0.39, 0.29) is 5.91 Å². The number of hydrogen-bond acceptors (Lipinski definition) is 4. The lowest BCUT2D eigenvalue weighted by molar-refractivity contribution is -0.130. The molecule has 1 N–H and O–H groups in total. The number of urea groups is 1. The number of carbonyl (C=O) groups is 2. The fraction of sp³-hybridized carbons (Fsp3) is 0.375. The van der Waals surface area contributed by atoms with Crippen molar-refractivity contribution in [3.8, 4) is 0 Å². The summed E-state index contributed by atoms with van der Waals surface area (Å²) in [7, 11) is 0. The van der Waals surface area contributed by atoms with Gasteiger partial charge in [-0.15, -0.1) is 5.01 Å². The Bertz CT molecular complexity index is 920. The molecule has 6 nitrogen and oxygen atoms in total. The SMILES string of the molecule is C[C@]1(CCc2ccccc2)NC(=O)N(/N=C\c2ccc(N3CCCCC3)cc2)C1=O. The Kier molecular flexibility index (Phi) is 5.84. The Labute approximate surface area is 177 Å². The number of benzene rings is 2. The molecule has 0 bridgehead atoms. The number of nitrogens with one attached hydrogen (secondary N) is 1. The van der Waals surface area contributed by atoms with Crippen molar-refractivity contribution >= 4 is 23.8 Å². The average Bonchev–Trinajstić information content (AvgIpc) is 3.01. The molecule has 2 fully saturated rings. The molecule has 2 heterocycles. The van der Waals surface area contributed by atoms with Crippen molar-refractivity contribution in [2.24, 2.45) is 5.10 Å². The Hall–Kier alpha value is -3.15. The molecule has 30 heavy (non-hydrogen) atoms. The number of hydrogen-bond donors (Lipinski definition) is 1. The Balaban J connectivity index is 1.39. The molecule has 0 aromatic heterocycles. The Morgan fingerprint density at radius 2 is 1.70 bits per heavy atom. The summed E-state index contributed by atoms with van der Waals surface area (Å²) < 4.78 is 0. The number of amides is 3. The Morgan fingerprint density at radius 3 is 2.40 bits per heavy atom. The molecular weight excluding hydrogens is 376 g/mol. The maximum Gasteiger partial charge on any atom is 0.346 e. The summed E-state index contributed by atoms with van der Waals surface area (Å²) in [4.78, 5) is 27.6. The molecule has 2 aliphatic rings. The van der Waals surface area contributed by atoms with Crippen LogP contribution in [-0.2, 0) is 11.2 Å². The molecular formula is C24H28N4O2. The fourth-order valence-corrected chi connectivity index (χ4v) is 4.03. The standard InChI is InChI=1S/C24H28N4O2/c1-24(15-14-19-8-4-2-5-9-19)22(29)28(23(30)26-24)25-18-20-10-12-21(13-11-20)27-16-6-3-7-17-27/h2,4-5,8-13,18H,3,6-7,14-17H2,1H3,(H,26,30)/b25-18-/t24-/m1/s1. The smallest absolute Gasteiger partial charge is 0.346 e. The molecule has 0 saturated carbocycles. The summed E-state index contributed by atoms with van der Waals surface area (Å²) in [6, 6.07) is 17.6. The van der Waals surface area contributed by atoms with E-state index in [4.69, 9.17) is 0 Å². The summed E-state index contributed by atoms with van der Waals surface area (Å²) in [5, 5.41) is 7.93. The number of anilines is 1. The first-order chi connectivity index (χ1) is 14.5. The molecule has 3 amide bonds. The molecule has 6 heteroatoms. The lowest BCUT2D eigenvalue weighted by Crippen LogP contribution is -2.44. The van der Waals surface area contributed by atoms with E-state index < -0.39 is 11.6 Å². The van der Waals surface area contributed by atoms with E-state index in [1.807, 2.05) is 42.5 Å². The molecule has 156 valence electrons. The van der Waals surface area contributed by atoms with Crippen molar-refractivity contribution in [2.75, 3.05) is 18.0 Å². The quantitative estimate of drug-likeness (QED) is 0.586. The van der Waals surface area contributed by atoms with Gasteiger partial charge in [0.1, 0.15) is 5.54 Å². The molecule has 0 spiro atoms. The maximum absolute atomic E-state index is 12.9. The maximum atomic E-state index is 12.9. The molecule has 0 aliphatic carbocycles. The predicted molar refractivity (Wildman–Crippen MR) is 119 cm³/mol. The first kappa shape index (κ1) is 20.1. The van der Waals surface area contributed by atoms with Gasteiger partial charge in [0.05, 0.1) is 6.21 Å². The van der Waals surface area contributed by atoms with Crippen LogP contribution in [0.2, 0.25) is 0 Å². The monoisotopic (exact) mass is 404 g/mol. The summed E-state index contributed by atoms with van der Waals surface area (Å²) in [5.41, 5.74) is 2.25. The average molecular weight is 405 g/mol. The van der Waals surface area contributed by atoms with Crippen LogP contribution in [0.15, 0.2) is 59.7 Å². The second-order valence-electron chi connectivity index (χ2n) is 8.25. The van der Waals surface area contributed by atoms with Crippen LogP contribution in [0.1, 0.15) is 43.7 Å². The van der Waals surface area contributed by atoms with Crippen LogP contribution in [-0.4, -0.2) is 41.8 Å². The van der Waals surface area contributed by atoms with Crippen LogP contribution in [0, 0.1) is 0 Å². The van der Waals surface area contributed by atoms with Gasteiger partial charge >= 0.3 is 6.03 Å². The fourth-order valence-electron chi connectivity index (χ4n) is 4.03. The lowest BCUT2D eigenvalue weighted by atomic mass is 9.93. The minimum Gasteiger partial charge on any atom is -0.372 e. The highest BCUT2D eigenvalue weighted by molar-refractivity contribution is 6.07. The largest absolute Gasteiger partial charge is 0.372 e. The van der Waals surface area contributed by atoms with Crippen LogP contribution in [0.3, 0.4) is 0 Å². The van der Waals surface area contributed by atoms with E-state index in [2.05, 4.69) is 27.5 Å². The molecule has 0 radical (unpaired) electrons. The summed E-state index contributed by atoms with van der Waals surface area (Å²) in [6.45, 7) is 3.95. The first-order valence-electron chi connectivity index (χ1n) is 10.6. The number of rotatable bonds is 6. The van der Waals surface area contributed by atoms with Crippen molar-refractivity contribution in [1.82, 2.24) is 10.3 Å². The minimum atomic E-state index is -0.942. The van der Waals surface area contributed by atoms with Crippen LogP contribution in [0.4, 0.5) is 10.5 Å². The van der Waals surface area contributed by atoms with Gasteiger partial charge in [-0.2, -0.15) is 5.10 Å². The van der Waals surface area contributed by atoms with E-state index >= 15 is 0 Å². The molecule has 0 unspecified atom stereocenters. The number of imide groups is 1. The van der Waals surface area contributed by atoms with Crippen LogP contribution in [0.5, 0.6) is 0 Å². The third kappa shape index (κ3) is 4.37. The van der Waals surface area contributed by atoms with Crippen molar-refractivity contribution in [1.29, 1.82) is 0 Å². The van der Waals surface area contributed by atoms with Gasteiger partial charge in [-0.25, -0.2) is 4.79 Å². The third-order valence-electron chi connectivity index (χ3n) is 5.93. The lowest BCUT2D eigenvalue weighted by Gasteiger charge is -2.28. The van der Waals surface area contributed by atoms with Crippen molar-refractivity contribution < 1.29 is 9.59 Å². The summed E-state index contributed by atoms with van der Waals surface area (Å²) >= 11 is 0. The van der Waals surface area contributed by atoms with Crippen LogP contribution in [0.25, 0.3) is 0 Å². The molecule has 2 saturated heterocycles. The van der Waals surface area contributed by atoms with E-state index in [0.29, 0.717) is 12.8 Å². The zero-order chi connectivity index (χ0) is 21.0. The van der Waals surface area contributed by atoms with E-state index in [1.54, 1.807) is 13.1 Å².